The van der Waals surface area contributed by atoms with Crippen LogP contribution in [0.1, 0.15) is 21.7 Å². The SMILES string of the molecule is Cc1cc2oc(C(=O)Nc3ccccc3Br)cc(=O)c2cc1C. The average molecular weight is 372 g/mol. The maximum absolute atomic E-state index is 12.3. The quantitative estimate of drug-likeness (QED) is 0.724. The molecule has 0 atom stereocenters. The Morgan fingerprint density at radius 3 is 2.52 bits per heavy atom. The third-order valence-corrected chi connectivity index (χ3v) is 4.38. The maximum Gasteiger partial charge on any atom is 0.291 e. The van der Waals surface area contributed by atoms with E-state index in [9.17, 15) is 9.59 Å². The number of nitrogens with one attached hydrogen (secondary N) is 1. The first-order chi connectivity index (χ1) is 11.0. The number of para-hydroxylation sites is 1. The van der Waals surface area contributed by atoms with Gasteiger partial charge in [0.05, 0.1) is 11.1 Å². The van der Waals surface area contributed by atoms with Crippen LogP contribution in [0, 0.1) is 13.8 Å². The van der Waals surface area contributed by atoms with Crippen LogP contribution in [0.4, 0.5) is 5.69 Å². The summed E-state index contributed by atoms with van der Waals surface area (Å²) >= 11 is 3.36. The van der Waals surface area contributed by atoms with E-state index >= 15 is 0 Å². The molecule has 0 aliphatic rings. The molecule has 0 aliphatic carbocycles. The Bertz CT molecular complexity index is 976. The molecule has 4 nitrogen and oxygen atoms in total. The first-order valence-corrected chi connectivity index (χ1v) is 7.86. The third kappa shape index (κ3) is 3.05. The Kier molecular flexibility index (Phi) is 4.05. The van der Waals surface area contributed by atoms with Gasteiger partial charge in [-0.1, -0.05) is 12.1 Å². The molecule has 23 heavy (non-hydrogen) atoms. The maximum atomic E-state index is 12.3. The summed E-state index contributed by atoms with van der Waals surface area (Å²) in [5.74, 6) is -0.476. The number of rotatable bonds is 2. The van der Waals surface area contributed by atoms with Gasteiger partial charge in [0.2, 0.25) is 0 Å². The van der Waals surface area contributed by atoms with Gasteiger partial charge < -0.3 is 9.73 Å². The van der Waals surface area contributed by atoms with Crippen molar-refractivity contribution in [2.45, 2.75) is 13.8 Å². The largest absolute Gasteiger partial charge is 0.451 e. The number of fused-ring (bicyclic) bond motifs is 1. The van der Waals surface area contributed by atoms with Crippen molar-refractivity contribution in [1.29, 1.82) is 0 Å². The Morgan fingerprint density at radius 1 is 1.09 bits per heavy atom. The molecular weight excluding hydrogens is 358 g/mol. The molecule has 0 spiro atoms. The van der Waals surface area contributed by atoms with E-state index in [4.69, 9.17) is 4.42 Å². The van der Waals surface area contributed by atoms with Gasteiger partial charge in [0.25, 0.3) is 5.91 Å². The van der Waals surface area contributed by atoms with E-state index in [0.717, 1.165) is 15.6 Å². The van der Waals surface area contributed by atoms with Crippen LogP contribution in [0.3, 0.4) is 0 Å². The van der Waals surface area contributed by atoms with Crippen molar-refractivity contribution < 1.29 is 9.21 Å². The lowest BCUT2D eigenvalue weighted by Crippen LogP contribution is -2.15. The van der Waals surface area contributed by atoms with Crippen LogP contribution in [-0.4, -0.2) is 5.91 Å². The minimum atomic E-state index is -0.464. The summed E-state index contributed by atoms with van der Waals surface area (Å²) in [5, 5.41) is 3.20. The van der Waals surface area contributed by atoms with Crippen molar-refractivity contribution in [2.75, 3.05) is 5.32 Å². The lowest BCUT2D eigenvalue weighted by Gasteiger charge is -2.08. The fraction of sp³-hybridized carbons (Fsp3) is 0.111. The van der Waals surface area contributed by atoms with Crippen LogP contribution < -0.4 is 10.7 Å². The molecule has 1 amide bonds. The zero-order chi connectivity index (χ0) is 16.6. The Labute approximate surface area is 141 Å². The van der Waals surface area contributed by atoms with E-state index < -0.39 is 5.91 Å². The number of amides is 1. The lowest BCUT2D eigenvalue weighted by atomic mass is 10.1. The second kappa shape index (κ2) is 6.01. The molecule has 0 aliphatic heterocycles. The minimum Gasteiger partial charge on any atom is -0.451 e. The highest BCUT2D eigenvalue weighted by atomic mass is 79.9. The minimum absolute atomic E-state index is 0.0125. The zero-order valence-electron chi connectivity index (χ0n) is 12.6. The van der Waals surface area contributed by atoms with Crippen molar-refractivity contribution in [1.82, 2.24) is 0 Å². The lowest BCUT2D eigenvalue weighted by molar-refractivity contribution is 0.0997. The molecule has 0 saturated carbocycles. The summed E-state index contributed by atoms with van der Waals surface area (Å²) in [7, 11) is 0. The number of benzene rings is 2. The summed E-state index contributed by atoms with van der Waals surface area (Å²) < 4.78 is 6.38. The zero-order valence-corrected chi connectivity index (χ0v) is 14.2. The standard InChI is InChI=1S/C18H14BrNO3/c1-10-7-12-15(21)9-17(23-16(12)8-11(10)2)18(22)20-14-6-4-3-5-13(14)19/h3-9H,1-2H3,(H,20,22). The number of hydrogen-bond acceptors (Lipinski definition) is 3. The van der Waals surface area contributed by atoms with Gasteiger partial charge in [-0.2, -0.15) is 0 Å². The molecule has 3 rings (SSSR count). The van der Waals surface area contributed by atoms with Crippen LogP contribution in [0.5, 0.6) is 0 Å². The molecule has 1 aromatic heterocycles. The molecule has 0 fully saturated rings. The molecule has 0 radical (unpaired) electrons. The summed E-state index contributed by atoms with van der Waals surface area (Å²) in [6.07, 6.45) is 0. The molecule has 3 aromatic rings. The smallest absolute Gasteiger partial charge is 0.291 e. The van der Waals surface area contributed by atoms with Crippen molar-refractivity contribution in [3.05, 3.63) is 74.0 Å². The predicted molar refractivity (Wildman–Crippen MR) is 94.1 cm³/mol. The molecule has 1 N–H and O–H groups in total. The van der Waals surface area contributed by atoms with E-state index in [1.165, 1.54) is 6.07 Å². The molecule has 2 aromatic carbocycles. The summed E-state index contributed by atoms with van der Waals surface area (Å²) in [4.78, 5) is 24.6. The van der Waals surface area contributed by atoms with Crippen molar-refractivity contribution in [3.63, 3.8) is 0 Å². The van der Waals surface area contributed by atoms with Gasteiger partial charge in [0.15, 0.2) is 11.2 Å². The third-order valence-electron chi connectivity index (χ3n) is 3.69. The van der Waals surface area contributed by atoms with Crippen LogP contribution in [0.25, 0.3) is 11.0 Å². The molecular formula is C18H14BrNO3. The van der Waals surface area contributed by atoms with E-state index in [0.29, 0.717) is 16.7 Å². The second-order valence-electron chi connectivity index (χ2n) is 5.34. The highest BCUT2D eigenvalue weighted by molar-refractivity contribution is 9.10. The van der Waals surface area contributed by atoms with Crippen molar-refractivity contribution in [2.24, 2.45) is 0 Å². The van der Waals surface area contributed by atoms with Gasteiger partial charge in [0, 0.05) is 10.5 Å². The molecule has 0 saturated heterocycles. The first kappa shape index (κ1) is 15.5. The molecule has 1 heterocycles. The van der Waals surface area contributed by atoms with Gasteiger partial charge in [0.1, 0.15) is 5.58 Å². The number of hydrogen-bond donors (Lipinski definition) is 1. The number of carbonyl (C=O) groups excluding carboxylic acids is 1. The fourth-order valence-corrected chi connectivity index (χ4v) is 2.65. The highest BCUT2D eigenvalue weighted by Crippen LogP contribution is 2.23. The summed E-state index contributed by atoms with van der Waals surface area (Å²) in [6, 6.07) is 12.0. The molecule has 0 unspecified atom stereocenters. The van der Waals surface area contributed by atoms with Crippen molar-refractivity contribution >= 4 is 38.5 Å². The van der Waals surface area contributed by atoms with Gasteiger partial charge in [-0.25, -0.2) is 0 Å². The van der Waals surface area contributed by atoms with Gasteiger partial charge in [-0.15, -0.1) is 0 Å². The van der Waals surface area contributed by atoms with Crippen LogP contribution >= 0.6 is 15.9 Å². The van der Waals surface area contributed by atoms with Crippen LogP contribution in [-0.2, 0) is 0 Å². The molecule has 116 valence electrons. The van der Waals surface area contributed by atoms with Crippen molar-refractivity contribution in [3.8, 4) is 0 Å². The molecule has 0 bridgehead atoms. The average Bonchev–Trinajstić information content (AvgIpc) is 2.51. The summed E-state index contributed by atoms with van der Waals surface area (Å²) in [6.45, 7) is 3.87. The van der Waals surface area contributed by atoms with Gasteiger partial charge in [-0.3, -0.25) is 9.59 Å². The number of aryl methyl sites for hydroxylation is 2. The first-order valence-electron chi connectivity index (χ1n) is 7.06. The van der Waals surface area contributed by atoms with Crippen LogP contribution in [0.15, 0.2) is 56.1 Å². The highest BCUT2D eigenvalue weighted by Gasteiger charge is 2.14. The van der Waals surface area contributed by atoms with Gasteiger partial charge >= 0.3 is 0 Å². The Balaban J connectivity index is 2.03. The number of anilines is 1. The van der Waals surface area contributed by atoms with E-state index in [1.807, 2.05) is 32.0 Å². The number of carbonyl (C=O) groups is 1. The Morgan fingerprint density at radius 2 is 1.78 bits per heavy atom. The monoisotopic (exact) mass is 371 g/mol. The van der Waals surface area contributed by atoms with E-state index in [2.05, 4.69) is 21.2 Å². The van der Waals surface area contributed by atoms with E-state index in [-0.39, 0.29) is 11.2 Å². The fourth-order valence-electron chi connectivity index (χ4n) is 2.27. The number of halogens is 1. The normalized spacial score (nSPS) is 10.7. The topological polar surface area (TPSA) is 59.3 Å². The predicted octanol–water partition coefficient (Wildman–Crippen LogP) is 4.42. The second-order valence-corrected chi connectivity index (χ2v) is 6.20. The molecule has 5 heteroatoms. The van der Waals surface area contributed by atoms with Gasteiger partial charge in [-0.05, 0) is 65.2 Å². The van der Waals surface area contributed by atoms with Crippen LogP contribution in [0.2, 0.25) is 0 Å². The summed E-state index contributed by atoms with van der Waals surface area (Å²) in [5.41, 5.74) is 2.81. The Hall–Kier alpha value is -2.40. The van der Waals surface area contributed by atoms with E-state index in [1.54, 1.807) is 18.2 Å².